The minimum absolute atomic E-state index is 0.00264. The van der Waals surface area contributed by atoms with Crippen molar-refractivity contribution >= 4 is 27.3 Å². The SMILES string of the molecule is COc1ccc(F)cc1[C@H](Cn1c(=O)n(C(C)(C)C(=O)CC(C)C)c(=O)c2c(C)c(-n3nccn3)sc21)OCCC#N. The Kier molecular flexibility index (Phi) is 9.08. The number of ether oxygens (including phenoxy) is 2. The molecule has 3 heterocycles. The van der Waals surface area contributed by atoms with E-state index in [4.69, 9.17) is 14.7 Å². The number of hydrogen-bond acceptors (Lipinski definition) is 9. The van der Waals surface area contributed by atoms with Crippen molar-refractivity contribution in [1.82, 2.24) is 24.1 Å². The number of nitrogens with zero attached hydrogens (tertiary/aromatic N) is 6. The van der Waals surface area contributed by atoms with Crippen LogP contribution in [0.4, 0.5) is 4.39 Å². The van der Waals surface area contributed by atoms with Crippen molar-refractivity contribution in [2.75, 3.05) is 13.7 Å². The summed E-state index contributed by atoms with van der Waals surface area (Å²) < 4.78 is 28.3. The summed E-state index contributed by atoms with van der Waals surface area (Å²) >= 11 is 1.14. The summed E-state index contributed by atoms with van der Waals surface area (Å²) in [7, 11) is 1.43. The molecule has 222 valence electrons. The highest BCUT2D eigenvalue weighted by molar-refractivity contribution is 7.21. The van der Waals surface area contributed by atoms with Crippen LogP contribution < -0.4 is 16.0 Å². The maximum Gasteiger partial charge on any atom is 0.333 e. The van der Waals surface area contributed by atoms with Crippen molar-refractivity contribution in [2.24, 2.45) is 5.92 Å². The number of carbonyl (C=O) groups is 1. The van der Waals surface area contributed by atoms with Crippen LogP contribution in [0.1, 0.15) is 57.8 Å². The lowest BCUT2D eigenvalue weighted by atomic mass is 9.91. The second kappa shape index (κ2) is 12.4. The molecule has 0 fully saturated rings. The number of aromatic nitrogens is 5. The number of fused-ring (bicyclic) bond motifs is 1. The lowest BCUT2D eigenvalue weighted by Crippen LogP contribution is -2.53. The molecule has 0 aliphatic carbocycles. The van der Waals surface area contributed by atoms with Gasteiger partial charge in [0.1, 0.15) is 33.0 Å². The van der Waals surface area contributed by atoms with Crippen LogP contribution in [0.3, 0.4) is 0 Å². The Morgan fingerprint density at radius 3 is 2.52 bits per heavy atom. The first-order chi connectivity index (χ1) is 19.9. The third-order valence-electron chi connectivity index (χ3n) is 7.04. The van der Waals surface area contributed by atoms with Crippen LogP contribution in [-0.2, 0) is 21.6 Å². The van der Waals surface area contributed by atoms with Gasteiger partial charge in [0.05, 0.1) is 50.5 Å². The zero-order valence-electron chi connectivity index (χ0n) is 24.4. The predicted octanol–water partition coefficient (Wildman–Crippen LogP) is 4.28. The number of methoxy groups -OCH3 is 1. The van der Waals surface area contributed by atoms with Gasteiger partial charge in [0.25, 0.3) is 5.56 Å². The monoisotopic (exact) mass is 596 g/mol. The van der Waals surface area contributed by atoms with Crippen LogP contribution in [0, 0.1) is 30.0 Å². The van der Waals surface area contributed by atoms with Gasteiger partial charge in [-0.2, -0.15) is 15.5 Å². The molecule has 4 rings (SSSR count). The molecule has 0 bridgehead atoms. The third kappa shape index (κ3) is 5.77. The standard InChI is InChI=1S/C29H33FN6O5S/c1-17(2)14-23(37)29(4,5)35-25(38)24-18(3)26(36-32-11-12-33-36)42-27(24)34(28(35)39)16-22(41-13-7-10-31)20-15-19(30)8-9-21(20)40-6/h8-9,11-12,15,17,22H,7,13-14,16H2,1-6H3/t22-/m0/s1. The number of aryl methyl sites for hydroxylation is 1. The molecule has 0 N–H and O–H groups in total. The van der Waals surface area contributed by atoms with Crippen LogP contribution in [0.15, 0.2) is 40.2 Å². The van der Waals surface area contributed by atoms with E-state index in [2.05, 4.69) is 10.2 Å². The maximum atomic E-state index is 14.5. The van der Waals surface area contributed by atoms with E-state index in [9.17, 15) is 18.8 Å². The molecule has 4 aromatic rings. The Morgan fingerprint density at radius 1 is 1.21 bits per heavy atom. The van der Waals surface area contributed by atoms with Gasteiger partial charge in [-0.1, -0.05) is 25.2 Å². The molecule has 0 spiro atoms. The summed E-state index contributed by atoms with van der Waals surface area (Å²) in [5, 5.41) is 18.3. The van der Waals surface area contributed by atoms with Gasteiger partial charge in [-0.15, -0.1) is 4.80 Å². The average molecular weight is 597 g/mol. The van der Waals surface area contributed by atoms with E-state index in [1.165, 1.54) is 47.1 Å². The van der Waals surface area contributed by atoms with Crippen LogP contribution >= 0.6 is 11.3 Å². The summed E-state index contributed by atoms with van der Waals surface area (Å²) in [6.07, 6.45) is 2.28. The van der Waals surface area contributed by atoms with Crippen molar-refractivity contribution in [2.45, 2.75) is 65.6 Å². The highest BCUT2D eigenvalue weighted by atomic mass is 32.1. The molecule has 0 aliphatic heterocycles. The smallest absolute Gasteiger partial charge is 0.333 e. The minimum Gasteiger partial charge on any atom is -0.496 e. The fourth-order valence-corrected chi connectivity index (χ4v) is 6.08. The Morgan fingerprint density at radius 2 is 1.90 bits per heavy atom. The molecular formula is C29H33FN6O5S. The number of rotatable bonds is 12. The van der Waals surface area contributed by atoms with Gasteiger partial charge in [0, 0.05) is 17.5 Å². The van der Waals surface area contributed by atoms with Crippen LogP contribution in [0.2, 0.25) is 0 Å². The topological polar surface area (TPSA) is 134 Å². The fraction of sp³-hybridized carbons (Fsp3) is 0.448. The quantitative estimate of drug-likeness (QED) is 0.221. The number of nitriles is 1. The van der Waals surface area contributed by atoms with E-state index in [1.54, 1.807) is 20.8 Å². The number of benzene rings is 1. The van der Waals surface area contributed by atoms with Crippen LogP contribution in [0.25, 0.3) is 15.2 Å². The van der Waals surface area contributed by atoms with Gasteiger partial charge >= 0.3 is 5.69 Å². The molecule has 42 heavy (non-hydrogen) atoms. The zero-order chi connectivity index (χ0) is 30.8. The Hall–Kier alpha value is -4.15. The molecule has 0 radical (unpaired) electrons. The third-order valence-corrected chi connectivity index (χ3v) is 8.32. The first kappa shape index (κ1) is 30.8. The molecule has 0 saturated carbocycles. The normalized spacial score (nSPS) is 12.5. The van der Waals surface area contributed by atoms with Gasteiger partial charge in [-0.05, 0) is 44.9 Å². The molecule has 0 amide bonds. The molecule has 11 nitrogen and oxygen atoms in total. The van der Waals surface area contributed by atoms with E-state index in [-0.39, 0.29) is 43.1 Å². The number of carbonyl (C=O) groups excluding carboxylic acids is 1. The molecule has 1 aromatic carbocycles. The van der Waals surface area contributed by atoms with E-state index < -0.39 is 28.7 Å². The first-order valence-corrected chi connectivity index (χ1v) is 14.2. The molecule has 13 heteroatoms. The van der Waals surface area contributed by atoms with E-state index >= 15 is 0 Å². The van der Waals surface area contributed by atoms with Gasteiger partial charge in [-0.25, -0.2) is 13.8 Å². The van der Waals surface area contributed by atoms with E-state index in [1.807, 2.05) is 19.9 Å². The lowest BCUT2D eigenvalue weighted by Gasteiger charge is -2.28. The van der Waals surface area contributed by atoms with E-state index in [0.29, 0.717) is 26.7 Å². The molecule has 0 unspecified atom stereocenters. The maximum absolute atomic E-state index is 14.5. The molecule has 1 atom stereocenters. The van der Waals surface area contributed by atoms with Gasteiger partial charge in [0.15, 0.2) is 5.78 Å². The van der Waals surface area contributed by atoms with Crippen LogP contribution in [0.5, 0.6) is 5.75 Å². The van der Waals surface area contributed by atoms with Gasteiger partial charge in [0.2, 0.25) is 0 Å². The summed E-state index contributed by atoms with van der Waals surface area (Å²) in [6, 6.07) is 5.96. The van der Waals surface area contributed by atoms with E-state index in [0.717, 1.165) is 15.9 Å². The summed E-state index contributed by atoms with van der Waals surface area (Å²) in [5.74, 6) is -0.469. The second-order valence-corrected chi connectivity index (χ2v) is 11.8. The van der Waals surface area contributed by atoms with Crippen molar-refractivity contribution in [3.63, 3.8) is 0 Å². The number of Topliss-reactive ketones (excluding diaryl/α,β-unsaturated/α-hetero) is 1. The van der Waals surface area contributed by atoms with Crippen molar-refractivity contribution in [3.05, 3.63) is 68.4 Å². The second-order valence-electron chi connectivity index (χ2n) is 10.8. The van der Waals surface area contributed by atoms with Crippen LogP contribution in [-0.4, -0.2) is 43.6 Å². The Labute approximate surface area is 245 Å². The summed E-state index contributed by atoms with van der Waals surface area (Å²) in [4.78, 5) is 43.5. The average Bonchev–Trinajstić information content (AvgIpc) is 3.58. The molecule has 0 aliphatic rings. The number of halogens is 1. The zero-order valence-corrected chi connectivity index (χ0v) is 25.2. The molecular weight excluding hydrogens is 563 g/mol. The highest BCUT2D eigenvalue weighted by Gasteiger charge is 2.36. The van der Waals surface area contributed by atoms with Crippen molar-refractivity contribution < 1.29 is 18.7 Å². The first-order valence-electron chi connectivity index (χ1n) is 13.4. The summed E-state index contributed by atoms with van der Waals surface area (Å²) in [5.41, 5.74) is -1.94. The van der Waals surface area contributed by atoms with Gasteiger partial charge in [-0.3, -0.25) is 14.2 Å². The fourth-order valence-electron chi connectivity index (χ4n) is 4.86. The van der Waals surface area contributed by atoms with Crippen molar-refractivity contribution in [1.29, 1.82) is 5.26 Å². The molecule has 3 aromatic heterocycles. The number of ketones is 1. The largest absolute Gasteiger partial charge is 0.496 e. The van der Waals surface area contributed by atoms with Crippen molar-refractivity contribution in [3.8, 4) is 16.8 Å². The predicted molar refractivity (Wildman–Crippen MR) is 156 cm³/mol. The minimum atomic E-state index is -1.47. The summed E-state index contributed by atoms with van der Waals surface area (Å²) in [6.45, 7) is 8.47. The number of thiophene rings is 1. The number of hydrogen-bond donors (Lipinski definition) is 0. The Balaban J connectivity index is 2.03. The highest BCUT2D eigenvalue weighted by Crippen LogP contribution is 2.34. The lowest BCUT2D eigenvalue weighted by molar-refractivity contribution is -0.127. The Bertz CT molecular complexity index is 1760. The molecule has 0 saturated heterocycles. The van der Waals surface area contributed by atoms with Gasteiger partial charge < -0.3 is 9.47 Å².